The van der Waals surface area contributed by atoms with Crippen LogP contribution in [0.1, 0.15) is 18.6 Å². The van der Waals surface area contributed by atoms with Crippen LogP contribution in [0.15, 0.2) is 22.8 Å². The van der Waals surface area contributed by atoms with Crippen LogP contribution < -0.4 is 0 Å². The Morgan fingerprint density at radius 2 is 1.42 bits per heavy atom. The minimum Gasteiger partial charge on any atom is -0.475 e. The maximum absolute atomic E-state index is 10.6. The van der Waals surface area contributed by atoms with Crippen LogP contribution in [0.4, 0.5) is 26.3 Å². The number of carbonyl (C=O) groups is 2. The van der Waals surface area contributed by atoms with Crippen molar-refractivity contribution >= 4 is 23.7 Å². The Kier molecular flexibility index (Phi) is 12.1. The molecule has 0 aromatic carbocycles. The van der Waals surface area contributed by atoms with Crippen molar-refractivity contribution in [3.05, 3.63) is 24.2 Å². The SMILES string of the molecule is O=C(O)C(F)(F)F.O=C(O)C(F)(F)F.c1coc(CN2CCC(CN3CCSCC3)CC2)c1. The number of hydrogen-bond donors (Lipinski definition) is 2. The van der Waals surface area contributed by atoms with Gasteiger partial charge in [-0.2, -0.15) is 38.1 Å². The summed E-state index contributed by atoms with van der Waals surface area (Å²) in [5, 5.41) is 14.2. The van der Waals surface area contributed by atoms with E-state index in [-0.39, 0.29) is 0 Å². The summed E-state index contributed by atoms with van der Waals surface area (Å²) in [5.41, 5.74) is 0. The number of furan rings is 1. The number of halogens is 6. The van der Waals surface area contributed by atoms with E-state index in [1.165, 1.54) is 57.1 Å². The summed E-state index contributed by atoms with van der Waals surface area (Å²) < 4.78 is 68.9. The number of alkyl halides is 6. The molecular weight excluding hydrogens is 482 g/mol. The smallest absolute Gasteiger partial charge is 0.475 e. The van der Waals surface area contributed by atoms with Crippen LogP contribution in [0.2, 0.25) is 0 Å². The van der Waals surface area contributed by atoms with Crippen molar-refractivity contribution in [3.63, 3.8) is 0 Å². The minimum atomic E-state index is -5.08. The minimum absolute atomic E-state index is 0.913. The lowest BCUT2D eigenvalue weighted by atomic mass is 9.96. The quantitative estimate of drug-likeness (QED) is 0.594. The molecule has 2 aliphatic heterocycles. The molecule has 0 spiro atoms. The molecular formula is C19H26F6N2O5S. The molecule has 0 unspecified atom stereocenters. The molecule has 2 fully saturated rings. The number of piperidine rings is 1. The summed E-state index contributed by atoms with van der Waals surface area (Å²) in [6.07, 6.45) is -5.69. The average Bonchev–Trinajstić information content (AvgIpc) is 3.23. The van der Waals surface area contributed by atoms with Gasteiger partial charge in [0.1, 0.15) is 5.76 Å². The summed E-state index contributed by atoms with van der Waals surface area (Å²) in [6, 6.07) is 4.06. The maximum Gasteiger partial charge on any atom is 0.490 e. The lowest BCUT2D eigenvalue weighted by molar-refractivity contribution is -0.193. The van der Waals surface area contributed by atoms with E-state index in [4.69, 9.17) is 24.2 Å². The maximum atomic E-state index is 10.6. The van der Waals surface area contributed by atoms with Gasteiger partial charge in [0.05, 0.1) is 12.8 Å². The van der Waals surface area contributed by atoms with Gasteiger partial charge in [-0.1, -0.05) is 0 Å². The molecule has 0 aliphatic carbocycles. The lowest BCUT2D eigenvalue weighted by Gasteiger charge is -2.35. The Balaban J connectivity index is 0.000000324. The molecule has 0 radical (unpaired) electrons. The monoisotopic (exact) mass is 508 g/mol. The summed E-state index contributed by atoms with van der Waals surface area (Å²) in [5.74, 6) is -0.836. The molecule has 0 bridgehead atoms. The molecule has 14 heteroatoms. The highest BCUT2D eigenvalue weighted by atomic mass is 32.2. The van der Waals surface area contributed by atoms with E-state index in [0.717, 1.165) is 18.2 Å². The van der Waals surface area contributed by atoms with E-state index >= 15 is 0 Å². The lowest BCUT2D eigenvalue weighted by Crippen LogP contribution is -2.41. The third-order valence-electron chi connectivity index (χ3n) is 4.77. The van der Waals surface area contributed by atoms with E-state index < -0.39 is 24.3 Å². The van der Waals surface area contributed by atoms with Gasteiger partial charge in [-0.05, 0) is 44.0 Å². The van der Waals surface area contributed by atoms with Gasteiger partial charge in [-0.15, -0.1) is 0 Å². The molecule has 3 rings (SSSR count). The number of carboxylic acid groups (broad SMARTS) is 2. The number of rotatable bonds is 4. The van der Waals surface area contributed by atoms with E-state index in [1.54, 1.807) is 6.26 Å². The van der Waals surface area contributed by atoms with Crippen LogP contribution in [-0.2, 0) is 16.1 Å². The van der Waals surface area contributed by atoms with E-state index in [2.05, 4.69) is 27.6 Å². The molecule has 2 saturated heterocycles. The zero-order chi connectivity index (χ0) is 25.1. The van der Waals surface area contributed by atoms with Gasteiger partial charge >= 0.3 is 24.3 Å². The van der Waals surface area contributed by atoms with Gasteiger partial charge in [-0.3, -0.25) is 4.90 Å². The highest BCUT2D eigenvalue weighted by Crippen LogP contribution is 2.21. The van der Waals surface area contributed by atoms with Gasteiger partial charge in [0.15, 0.2) is 0 Å². The molecule has 2 N–H and O–H groups in total. The first-order valence-electron chi connectivity index (χ1n) is 9.94. The van der Waals surface area contributed by atoms with Gasteiger partial charge < -0.3 is 19.5 Å². The standard InChI is InChI=1S/C15H24N2OS.2C2HF3O2/c1-2-15(18-9-1)13-16-5-3-14(4-6-16)12-17-7-10-19-11-8-17;2*3-2(4,5)1(6)7/h1-2,9,14H,3-8,10-13H2;2*(H,6,7). The Bertz CT molecular complexity index is 677. The van der Waals surface area contributed by atoms with E-state index in [9.17, 15) is 26.3 Å². The number of thioether (sulfide) groups is 1. The molecule has 1 aromatic heterocycles. The van der Waals surface area contributed by atoms with Crippen LogP contribution in [0.3, 0.4) is 0 Å². The highest BCUT2D eigenvalue weighted by molar-refractivity contribution is 7.99. The van der Waals surface area contributed by atoms with E-state index in [1.807, 2.05) is 6.07 Å². The average molecular weight is 508 g/mol. The fourth-order valence-electron chi connectivity index (χ4n) is 3.10. The molecule has 3 heterocycles. The number of hydrogen-bond acceptors (Lipinski definition) is 6. The van der Waals surface area contributed by atoms with Crippen molar-refractivity contribution in [1.82, 2.24) is 9.80 Å². The predicted octanol–water partition coefficient (Wildman–Crippen LogP) is 3.81. The third kappa shape index (κ3) is 12.8. The normalized spacial score (nSPS) is 18.5. The first-order valence-corrected chi connectivity index (χ1v) is 11.1. The van der Waals surface area contributed by atoms with Crippen molar-refractivity contribution in [2.24, 2.45) is 5.92 Å². The van der Waals surface area contributed by atoms with Gasteiger partial charge in [0.2, 0.25) is 0 Å². The highest BCUT2D eigenvalue weighted by Gasteiger charge is 2.38. The second kappa shape index (κ2) is 13.7. The van der Waals surface area contributed by atoms with Crippen LogP contribution >= 0.6 is 11.8 Å². The summed E-state index contributed by atoms with van der Waals surface area (Å²) in [4.78, 5) is 23.0. The fourth-order valence-corrected chi connectivity index (χ4v) is 4.08. The molecule has 2 aliphatic rings. The number of carboxylic acids is 2. The van der Waals surface area contributed by atoms with Crippen molar-refractivity contribution in [2.45, 2.75) is 31.7 Å². The van der Waals surface area contributed by atoms with Gasteiger partial charge in [0.25, 0.3) is 0 Å². The summed E-state index contributed by atoms with van der Waals surface area (Å²) in [6.45, 7) is 7.38. The molecule has 33 heavy (non-hydrogen) atoms. The van der Waals surface area contributed by atoms with Gasteiger partial charge in [-0.25, -0.2) is 9.59 Å². The largest absolute Gasteiger partial charge is 0.490 e. The molecule has 7 nitrogen and oxygen atoms in total. The second-order valence-electron chi connectivity index (χ2n) is 7.32. The fraction of sp³-hybridized carbons (Fsp3) is 0.684. The second-order valence-corrected chi connectivity index (χ2v) is 8.54. The predicted molar refractivity (Wildman–Crippen MR) is 108 cm³/mol. The Hall–Kier alpha value is -1.93. The van der Waals surface area contributed by atoms with Crippen LogP contribution in [-0.4, -0.2) is 88.5 Å². The van der Waals surface area contributed by atoms with Crippen LogP contribution in [0, 0.1) is 5.92 Å². The number of likely N-dealkylation sites (tertiary alicyclic amines) is 1. The molecule has 1 aromatic rings. The van der Waals surface area contributed by atoms with Crippen molar-refractivity contribution in [1.29, 1.82) is 0 Å². The van der Waals surface area contributed by atoms with E-state index in [0.29, 0.717) is 0 Å². The van der Waals surface area contributed by atoms with Crippen molar-refractivity contribution in [3.8, 4) is 0 Å². The Labute approximate surface area is 190 Å². The van der Waals surface area contributed by atoms with Crippen molar-refractivity contribution < 1.29 is 50.6 Å². The third-order valence-corrected chi connectivity index (χ3v) is 5.71. The van der Waals surface area contributed by atoms with Gasteiger partial charge in [0, 0.05) is 31.1 Å². The van der Waals surface area contributed by atoms with Crippen LogP contribution in [0.25, 0.3) is 0 Å². The van der Waals surface area contributed by atoms with Crippen LogP contribution in [0.5, 0.6) is 0 Å². The summed E-state index contributed by atoms with van der Waals surface area (Å²) in [7, 11) is 0. The van der Waals surface area contributed by atoms with Crippen molar-refractivity contribution in [2.75, 3.05) is 44.2 Å². The number of aliphatic carboxylic acids is 2. The Morgan fingerprint density at radius 3 is 1.82 bits per heavy atom. The molecule has 0 atom stereocenters. The summed E-state index contributed by atoms with van der Waals surface area (Å²) >= 11 is 2.10. The first-order chi connectivity index (χ1) is 15.3. The zero-order valence-electron chi connectivity index (χ0n) is 17.6. The molecule has 0 saturated carbocycles. The number of nitrogens with zero attached hydrogens (tertiary/aromatic N) is 2. The Morgan fingerprint density at radius 1 is 0.939 bits per heavy atom. The zero-order valence-corrected chi connectivity index (χ0v) is 18.4. The molecule has 0 amide bonds. The molecule has 190 valence electrons. The topological polar surface area (TPSA) is 94.2 Å². The first kappa shape index (κ1) is 29.1.